The molecular formula is C22H25F2N5O. The van der Waals surface area contributed by atoms with E-state index >= 15 is 0 Å². The van der Waals surface area contributed by atoms with Gasteiger partial charge >= 0.3 is 0 Å². The van der Waals surface area contributed by atoms with Gasteiger partial charge in [-0.25, -0.2) is 18.5 Å². The van der Waals surface area contributed by atoms with Crippen molar-refractivity contribution in [2.75, 3.05) is 13.1 Å². The summed E-state index contributed by atoms with van der Waals surface area (Å²) in [5, 5.41) is 6.37. The van der Waals surface area contributed by atoms with Crippen LogP contribution in [0.15, 0.2) is 30.3 Å². The van der Waals surface area contributed by atoms with E-state index in [1.54, 1.807) is 6.92 Å². The molecule has 8 heteroatoms. The molecule has 158 valence electrons. The molecule has 1 N–H and O–H groups in total. The average molecular weight is 413 g/mol. The molecule has 0 atom stereocenters. The maximum Gasteiger partial charge on any atom is 0.286 e. The Morgan fingerprint density at radius 1 is 1.00 bits per heavy atom. The lowest BCUT2D eigenvalue weighted by atomic mass is 10.2. The van der Waals surface area contributed by atoms with Crippen LogP contribution in [-0.4, -0.2) is 38.4 Å². The molecule has 0 saturated carbocycles. The monoisotopic (exact) mass is 413 g/mol. The van der Waals surface area contributed by atoms with Gasteiger partial charge in [-0.05, 0) is 57.9 Å². The van der Waals surface area contributed by atoms with E-state index in [2.05, 4.69) is 10.5 Å². The fourth-order valence-electron chi connectivity index (χ4n) is 3.99. The molecule has 0 radical (unpaired) electrons. The van der Waals surface area contributed by atoms with Crippen LogP contribution < -0.4 is 5.43 Å². The van der Waals surface area contributed by atoms with Crippen LogP contribution in [0.2, 0.25) is 0 Å². The molecule has 1 amide bonds. The summed E-state index contributed by atoms with van der Waals surface area (Å²) in [7, 11) is 0. The number of hydrogen-bond donors (Lipinski definition) is 1. The standard InChI is InChI=1S/C22H25F2N5O/c1-14-7-8-15(2)28(14)22-16(3)20(21(30)26-27-11-5-4-6-12-27)25-29(22)19-10-9-17(23)13-18(19)24/h7-10,13H,4-6,11-12H2,1-3H3,(H,26,30). The molecule has 1 saturated heterocycles. The van der Waals surface area contributed by atoms with Crippen LogP contribution in [0.1, 0.15) is 46.7 Å². The van der Waals surface area contributed by atoms with Crippen molar-refractivity contribution in [3.63, 3.8) is 0 Å². The van der Waals surface area contributed by atoms with E-state index in [0.29, 0.717) is 11.4 Å². The smallest absolute Gasteiger partial charge is 0.286 e. The van der Waals surface area contributed by atoms with E-state index in [-0.39, 0.29) is 17.3 Å². The number of aryl methyl sites for hydroxylation is 2. The van der Waals surface area contributed by atoms with Gasteiger partial charge in [-0.15, -0.1) is 0 Å². The molecule has 1 aliphatic rings. The van der Waals surface area contributed by atoms with Crippen molar-refractivity contribution in [2.24, 2.45) is 0 Å². The maximum absolute atomic E-state index is 14.7. The van der Waals surface area contributed by atoms with Crippen molar-refractivity contribution >= 4 is 5.91 Å². The van der Waals surface area contributed by atoms with Gasteiger partial charge in [-0.1, -0.05) is 6.42 Å². The van der Waals surface area contributed by atoms with E-state index in [1.165, 1.54) is 16.8 Å². The fraction of sp³-hybridized carbons (Fsp3) is 0.364. The van der Waals surface area contributed by atoms with E-state index < -0.39 is 11.6 Å². The van der Waals surface area contributed by atoms with E-state index in [0.717, 1.165) is 49.8 Å². The lowest BCUT2D eigenvalue weighted by Crippen LogP contribution is -2.45. The van der Waals surface area contributed by atoms with E-state index in [9.17, 15) is 13.6 Å². The minimum atomic E-state index is -0.746. The first-order valence-corrected chi connectivity index (χ1v) is 10.1. The SMILES string of the molecule is Cc1c(C(=O)NN2CCCCC2)nn(-c2ccc(F)cc2F)c1-n1c(C)ccc1C. The molecule has 1 fully saturated rings. The molecule has 1 aliphatic heterocycles. The highest BCUT2D eigenvalue weighted by molar-refractivity contribution is 5.94. The molecule has 0 aliphatic carbocycles. The minimum Gasteiger partial charge on any atom is -0.303 e. The quantitative estimate of drug-likeness (QED) is 0.704. The third kappa shape index (κ3) is 3.63. The molecule has 6 nitrogen and oxygen atoms in total. The Balaban J connectivity index is 1.84. The molecule has 4 rings (SSSR count). The molecular weight excluding hydrogens is 388 g/mol. The van der Waals surface area contributed by atoms with Crippen molar-refractivity contribution in [3.8, 4) is 11.5 Å². The highest BCUT2D eigenvalue weighted by Crippen LogP contribution is 2.27. The number of amides is 1. The molecule has 1 aromatic carbocycles. The summed E-state index contributed by atoms with van der Waals surface area (Å²) in [4.78, 5) is 13.0. The molecule has 2 aromatic heterocycles. The Kier molecular flexibility index (Phi) is 5.42. The molecule has 0 unspecified atom stereocenters. The maximum atomic E-state index is 14.7. The van der Waals surface area contributed by atoms with Crippen LogP contribution in [0.25, 0.3) is 11.5 Å². The van der Waals surface area contributed by atoms with Crippen molar-refractivity contribution < 1.29 is 13.6 Å². The van der Waals surface area contributed by atoms with Crippen LogP contribution in [0.3, 0.4) is 0 Å². The first kappa shape index (κ1) is 20.3. The Hall–Kier alpha value is -3.00. The zero-order valence-electron chi connectivity index (χ0n) is 17.4. The largest absolute Gasteiger partial charge is 0.303 e. The van der Waals surface area contributed by atoms with Crippen molar-refractivity contribution in [1.29, 1.82) is 0 Å². The number of rotatable bonds is 4. The van der Waals surface area contributed by atoms with Gasteiger partial charge in [0.15, 0.2) is 11.5 Å². The number of nitrogens with zero attached hydrogens (tertiary/aromatic N) is 4. The van der Waals surface area contributed by atoms with Crippen LogP contribution in [0.5, 0.6) is 0 Å². The molecule has 30 heavy (non-hydrogen) atoms. The molecule has 3 heterocycles. The van der Waals surface area contributed by atoms with Crippen molar-refractivity contribution in [3.05, 3.63) is 64.6 Å². The first-order chi connectivity index (χ1) is 14.4. The van der Waals surface area contributed by atoms with Gasteiger partial charge in [0.1, 0.15) is 17.3 Å². The molecule has 0 bridgehead atoms. The number of carbonyl (C=O) groups is 1. The molecule has 3 aromatic rings. The summed E-state index contributed by atoms with van der Waals surface area (Å²) in [5.74, 6) is -1.19. The summed E-state index contributed by atoms with van der Waals surface area (Å²) in [6.45, 7) is 7.24. The fourth-order valence-corrected chi connectivity index (χ4v) is 3.99. The minimum absolute atomic E-state index is 0.0824. The number of hydrazine groups is 1. The van der Waals surface area contributed by atoms with Crippen molar-refractivity contribution in [2.45, 2.75) is 40.0 Å². The normalized spacial score (nSPS) is 14.8. The lowest BCUT2D eigenvalue weighted by Gasteiger charge is -2.26. The lowest BCUT2D eigenvalue weighted by molar-refractivity contribution is 0.0743. The molecule has 0 spiro atoms. The summed E-state index contributed by atoms with van der Waals surface area (Å²) >= 11 is 0. The second kappa shape index (κ2) is 8.02. The number of hydrogen-bond acceptors (Lipinski definition) is 3. The zero-order valence-corrected chi connectivity index (χ0v) is 17.4. The average Bonchev–Trinajstić information content (AvgIpc) is 3.21. The van der Waals surface area contributed by atoms with Crippen molar-refractivity contribution in [1.82, 2.24) is 24.8 Å². The number of carbonyl (C=O) groups excluding carboxylic acids is 1. The Bertz CT molecular complexity index is 1080. The summed E-state index contributed by atoms with van der Waals surface area (Å²) in [6.07, 6.45) is 3.21. The van der Waals surface area contributed by atoms with Crippen LogP contribution in [0.4, 0.5) is 8.78 Å². The van der Waals surface area contributed by atoms with Gasteiger partial charge in [0.05, 0.1) is 0 Å². The van der Waals surface area contributed by atoms with Gasteiger partial charge in [0, 0.05) is 36.1 Å². The van der Waals surface area contributed by atoms with Gasteiger partial charge < -0.3 is 4.57 Å². The predicted octanol–water partition coefficient (Wildman–Crippen LogP) is 4.00. The second-order valence-corrected chi connectivity index (χ2v) is 7.74. The van der Waals surface area contributed by atoms with Crippen LogP contribution >= 0.6 is 0 Å². The number of aromatic nitrogens is 3. The predicted molar refractivity (Wildman–Crippen MR) is 110 cm³/mol. The van der Waals surface area contributed by atoms with Gasteiger partial charge in [0.25, 0.3) is 5.91 Å². The van der Waals surface area contributed by atoms with Crippen LogP contribution in [0, 0.1) is 32.4 Å². The van der Waals surface area contributed by atoms with E-state index in [4.69, 9.17) is 0 Å². The highest BCUT2D eigenvalue weighted by Gasteiger charge is 2.26. The Labute approximate surface area is 174 Å². The van der Waals surface area contributed by atoms with Gasteiger partial charge in [-0.3, -0.25) is 10.2 Å². The number of benzene rings is 1. The highest BCUT2D eigenvalue weighted by atomic mass is 19.1. The first-order valence-electron chi connectivity index (χ1n) is 10.1. The summed E-state index contributed by atoms with van der Waals surface area (Å²) < 4.78 is 31.5. The number of nitrogens with one attached hydrogen (secondary N) is 1. The summed E-state index contributed by atoms with van der Waals surface area (Å²) in [6, 6.07) is 7.23. The Morgan fingerprint density at radius 3 is 2.30 bits per heavy atom. The van der Waals surface area contributed by atoms with Gasteiger partial charge in [0.2, 0.25) is 0 Å². The summed E-state index contributed by atoms with van der Waals surface area (Å²) in [5.41, 5.74) is 5.68. The second-order valence-electron chi connectivity index (χ2n) is 7.74. The number of halogens is 2. The third-order valence-electron chi connectivity index (χ3n) is 5.54. The van der Waals surface area contributed by atoms with Crippen LogP contribution in [-0.2, 0) is 0 Å². The van der Waals surface area contributed by atoms with Gasteiger partial charge in [-0.2, -0.15) is 5.10 Å². The zero-order chi connectivity index (χ0) is 21.4. The third-order valence-corrected chi connectivity index (χ3v) is 5.54. The number of piperidine rings is 1. The van der Waals surface area contributed by atoms with E-state index in [1.807, 2.05) is 35.6 Å². The Morgan fingerprint density at radius 2 is 1.67 bits per heavy atom. The topological polar surface area (TPSA) is 55.1 Å².